The van der Waals surface area contributed by atoms with Gasteiger partial charge in [0.1, 0.15) is 0 Å². The molecule has 0 saturated heterocycles. The van der Waals surface area contributed by atoms with Crippen molar-refractivity contribution in [2.75, 3.05) is 0 Å². The van der Waals surface area contributed by atoms with E-state index in [0.29, 0.717) is 11.4 Å². The van der Waals surface area contributed by atoms with Gasteiger partial charge in [-0.05, 0) is 54.1 Å². The first-order valence-corrected chi connectivity index (χ1v) is 7.80. The molecule has 1 aromatic heterocycles. The molecule has 1 atom stereocenters. The first kappa shape index (κ1) is 14.2. The molecule has 0 saturated carbocycles. The highest BCUT2D eigenvalue weighted by Gasteiger charge is 2.13. The van der Waals surface area contributed by atoms with Crippen molar-refractivity contribution in [1.29, 1.82) is 0 Å². The van der Waals surface area contributed by atoms with Crippen LogP contribution in [0.1, 0.15) is 27.2 Å². The fraction of sp³-hybridized carbons (Fsp3) is 0.308. The van der Waals surface area contributed by atoms with Gasteiger partial charge in [0.15, 0.2) is 0 Å². The van der Waals surface area contributed by atoms with Crippen molar-refractivity contribution >= 4 is 45.5 Å². The molecule has 0 amide bonds. The number of rotatable bonds is 3. The summed E-state index contributed by atoms with van der Waals surface area (Å²) in [6, 6.07) is 5.65. The monoisotopic (exact) mass is 393 g/mol. The van der Waals surface area contributed by atoms with Crippen LogP contribution in [-0.4, -0.2) is 10.1 Å². The van der Waals surface area contributed by atoms with Crippen LogP contribution in [0.2, 0.25) is 5.02 Å². The maximum Gasteiger partial charge on any atom is 0.0960 e. The summed E-state index contributed by atoms with van der Waals surface area (Å²) in [5.74, 6) is 0. The topological polar surface area (TPSA) is 33.1 Å². The van der Waals surface area contributed by atoms with Crippen LogP contribution >= 0.6 is 45.5 Å². The first-order valence-electron chi connectivity index (χ1n) is 5.53. The van der Waals surface area contributed by atoms with E-state index in [0.717, 1.165) is 19.8 Å². The minimum Gasteiger partial charge on any atom is -0.388 e. The average Bonchev–Trinajstić information content (AvgIpc) is 2.61. The lowest BCUT2D eigenvalue weighted by Gasteiger charge is -2.10. The Morgan fingerprint density at radius 2 is 2.17 bits per heavy atom. The van der Waals surface area contributed by atoms with Gasteiger partial charge >= 0.3 is 0 Å². The Kier molecular flexibility index (Phi) is 4.64. The van der Waals surface area contributed by atoms with E-state index in [1.54, 1.807) is 11.3 Å². The summed E-state index contributed by atoms with van der Waals surface area (Å²) in [6.45, 7) is 4.04. The number of thiazole rings is 1. The second-order valence-corrected chi connectivity index (χ2v) is 7.00. The predicted molar refractivity (Wildman–Crippen MR) is 84.4 cm³/mol. The molecule has 2 rings (SSSR count). The molecule has 1 heterocycles. The molecule has 1 unspecified atom stereocenters. The zero-order valence-electron chi connectivity index (χ0n) is 10.1. The van der Waals surface area contributed by atoms with Gasteiger partial charge in [-0.25, -0.2) is 4.98 Å². The summed E-state index contributed by atoms with van der Waals surface area (Å²) in [5, 5.41) is 11.8. The summed E-state index contributed by atoms with van der Waals surface area (Å²) >= 11 is 9.87. The minimum absolute atomic E-state index is 0.538. The van der Waals surface area contributed by atoms with Crippen molar-refractivity contribution in [2.45, 2.75) is 26.4 Å². The Labute approximate surface area is 129 Å². The van der Waals surface area contributed by atoms with Crippen LogP contribution in [0.5, 0.6) is 0 Å². The van der Waals surface area contributed by atoms with Gasteiger partial charge < -0.3 is 5.11 Å². The van der Waals surface area contributed by atoms with Crippen LogP contribution in [-0.2, 0) is 6.42 Å². The summed E-state index contributed by atoms with van der Waals surface area (Å²) in [5.41, 5.74) is 1.88. The molecular weight excluding hydrogens is 381 g/mol. The molecule has 0 fully saturated rings. The highest BCUT2D eigenvalue weighted by Crippen LogP contribution is 2.27. The van der Waals surface area contributed by atoms with Gasteiger partial charge in [0.05, 0.1) is 21.8 Å². The summed E-state index contributed by atoms with van der Waals surface area (Å²) < 4.78 is 0.992. The normalized spacial score (nSPS) is 12.7. The number of benzene rings is 1. The van der Waals surface area contributed by atoms with Crippen molar-refractivity contribution in [3.05, 3.63) is 47.9 Å². The Morgan fingerprint density at radius 1 is 1.44 bits per heavy atom. The van der Waals surface area contributed by atoms with Crippen molar-refractivity contribution in [1.82, 2.24) is 4.98 Å². The molecule has 0 bridgehead atoms. The van der Waals surface area contributed by atoms with E-state index < -0.39 is 6.10 Å². The second-order valence-electron chi connectivity index (χ2n) is 4.14. The first-order chi connectivity index (χ1) is 8.47. The molecular formula is C13H13ClINOS. The standard InChI is InChI=1S/C13H13ClINOS/c1-7-8(2)18-13(16-7)6-12(17)9-3-4-11(15)10(14)5-9/h3-5,12,17H,6H2,1-2H3. The van der Waals surface area contributed by atoms with E-state index in [9.17, 15) is 5.11 Å². The van der Waals surface area contributed by atoms with Gasteiger partial charge in [-0.3, -0.25) is 0 Å². The van der Waals surface area contributed by atoms with Crippen LogP contribution in [0.25, 0.3) is 0 Å². The van der Waals surface area contributed by atoms with E-state index in [-0.39, 0.29) is 0 Å². The van der Waals surface area contributed by atoms with Crippen LogP contribution in [0, 0.1) is 17.4 Å². The Hall–Kier alpha value is -0.170. The highest BCUT2D eigenvalue weighted by molar-refractivity contribution is 14.1. The molecule has 0 aliphatic rings. The molecule has 2 aromatic rings. The highest BCUT2D eigenvalue weighted by atomic mass is 127. The molecule has 0 radical (unpaired) electrons. The lowest BCUT2D eigenvalue weighted by Crippen LogP contribution is -2.01. The molecule has 0 spiro atoms. The Bertz CT molecular complexity index is 551. The van der Waals surface area contributed by atoms with Crippen molar-refractivity contribution in [2.24, 2.45) is 0 Å². The third-order valence-corrected chi connectivity index (χ3v) is 5.44. The number of halogens is 2. The molecule has 1 aromatic carbocycles. The molecule has 5 heteroatoms. The number of aromatic nitrogens is 1. The predicted octanol–water partition coefficient (Wildman–Crippen LogP) is 4.29. The molecule has 2 nitrogen and oxygen atoms in total. The summed E-state index contributed by atoms with van der Waals surface area (Å²) in [7, 11) is 0. The smallest absolute Gasteiger partial charge is 0.0960 e. The molecule has 96 valence electrons. The number of nitrogens with zero attached hydrogens (tertiary/aromatic N) is 1. The van der Waals surface area contributed by atoms with Crippen LogP contribution in [0.15, 0.2) is 18.2 Å². The Morgan fingerprint density at radius 3 is 2.72 bits per heavy atom. The minimum atomic E-state index is -0.551. The second kappa shape index (κ2) is 5.86. The molecule has 18 heavy (non-hydrogen) atoms. The van der Waals surface area contributed by atoms with E-state index in [1.165, 1.54) is 4.88 Å². The van der Waals surface area contributed by atoms with Crippen molar-refractivity contribution < 1.29 is 5.11 Å². The SMILES string of the molecule is Cc1nc(CC(O)c2ccc(I)c(Cl)c2)sc1C. The largest absolute Gasteiger partial charge is 0.388 e. The van der Waals surface area contributed by atoms with Crippen LogP contribution < -0.4 is 0 Å². The van der Waals surface area contributed by atoms with Crippen molar-refractivity contribution in [3.63, 3.8) is 0 Å². The van der Waals surface area contributed by atoms with Crippen LogP contribution in [0.3, 0.4) is 0 Å². The number of aliphatic hydroxyl groups is 1. The average molecular weight is 394 g/mol. The lowest BCUT2D eigenvalue weighted by atomic mass is 10.1. The lowest BCUT2D eigenvalue weighted by molar-refractivity contribution is 0.178. The van der Waals surface area contributed by atoms with E-state index in [4.69, 9.17) is 11.6 Å². The van der Waals surface area contributed by atoms with Gasteiger partial charge in [0.2, 0.25) is 0 Å². The van der Waals surface area contributed by atoms with Gasteiger partial charge in [-0.2, -0.15) is 0 Å². The quantitative estimate of drug-likeness (QED) is 0.789. The fourth-order valence-corrected chi connectivity index (χ4v) is 3.12. The van der Waals surface area contributed by atoms with Crippen molar-refractivity contribution in [3.8, 4) is 0 Å². The van der Waals surface area contributed by atoms with Gasteiger partial charge in [-0.1, -0.05) is 17.7 Å². The van der Waals surface area contributed by atoms with Gasteiger partial charge in [0, 0.05) is 14.9 Å². The number of hydrogen-bond donors (Lipinski definition) is 1. The maximum atomic E-state index is 10.2. The zero-order chi connectivity index (χ0) is 13.3. The molecule has 0 aliphatic heterocycles. The number of hydrogen-bond acceptors (Lipinski definition) is 3. The van der Waals surface area contributed by atoms with Gasteiger partial charge in [0.25, 0.3) is 0 Å². The van der Waals surface area contributed by atoms with E-state index >= 15 is 0 Å². The zero-order valence-corrected chi connectivity index (χ0v) is 13.8. The molecule has 1 N–H and O–H groups in total. The van der Waals surface area contributed by atoms with E-state index in [1.807, 2.05) is 32.0 Å². The third-order valence-electron chi connectivity index (χ3n) is 2.77. The number of aliphatic hydroxyl groups excluding tert-OH is 1. The molecule has 0 aliphatic carbocycles. The van der Waals surface area contributed by atoms with E-state index in [2.05, 4.69) is 27.6 Å². The van der Waals surface area contributed by atoms with Gasteiger partial charge in [-0.15, -0.1) is 11.3 Å². The summed E-state index contributed by atoms with van der Waals surface area (Å²) in [6.07, 6.45) is -0.0135. The Balaban J connectivity index is 2.16. The fourth-order valence-electron chi connectivity index (χ4n) is 1.63. The van der Waals surface area contributed by atoms with Crippen LogP contribution in [0.4, 0.5) is 0 Å². The number of aryl methyl sites for hydroxylation is 2. The summed E-state index contributed by atoms with van der Waals surface area (Å²) in [4.78, 5) is 5.65. The maximum absolute atomic E-state index is 10.2. The third kappa shape index (κ3) is 3.23.